The summed E-state index contributed by atoms with van der Waals surface area (Å²) in [4.78, 5) is 4.47. The lowest BCUT2D eigenvalue weighted by Crippen LogP contribution is -2.41. The minimum Gasteiger partial charge on any atom is -0.312 e. The van der Waals surface area contributed by atoms with Crippen LogP contribution in [0.4, 0.5) is 0 Å². The van der Waals surface area contributed by atoms with E-state index in [1.807, 2.05) is 4.68 Å². The highest BCUT2D eigenvalue weighted by Gasteiger charge is 2.27. The molecule has 1 aromatic heterocycles. The average molecular weight is 278 g/mol. The molecule has 0 radical (unpaired) electrons. The van der Waals surface area contributed by atoms with Gasteiger partial charge in [-0.25, -0.2) is 4.98 Å². The van der Waals surface area contributed by atoms with Crippen LogP contribution in [0.3, 0.4) is 0 Å². The second kappa shape index (κ2) is 6.70. The van der Waals surface area contributed by atoms with Crippen LogP contribution in [0, 0.1) is 11.8 Å². The number of aryl methyl sites for hydroxylation is 1. The monoisotopic (exact) mass is 278 g/mol. The summed E-state index contributed by atoms with van der Waals surface area (Å²) in [6.07, 6.45) is 8.32. The van der Waals surface area contributed by atoms with E-state index >= 15 is 0 Å². The number of aromatic nitrogens is 3. The molecule has 0 saturated heterocycles. The summed E-state index contributed by atoms with van der Waals surface area (Å²) in [5.41, 5.74) is 0.190. The summed E-state index contributed by atoms with van der Waals surface area (Å²) in [5, 5.41) is 8.00. The fourth-order valence-electron chi connectivity index (χ4n) is 3.22. The van der Waals surface area contributed by atoms with Crippen molar-refractivity contribution in [1.29, 1.82) is 0 Å². The van der Waals surface area contributed by atoms with Gasteiger partial charge in [-0.2, -0.15) is 5.10 Å². The van der Waals surface area contributed by atoms with Gasteiger partial charge in [0.15, 0.2) is 0 Å². The van der Waals surface area contributed by atoms with Crippen LogP contribution >= 0.6 is 0 Å². The van der Waals surface area contributed by atoms with E-state index in [-0.39, 0.29) is 5.54 Å². The van der Waals surface area contributed by atoms with Crippen molar-refractivity contribution in [3.63, 3.8) is 0 Å². The van der Waals surface area contributed by atoms with E-state index in [2.05, 4.69) is 43.1 Å². The Morgan fingerprint density at radius 3 is 2.65 bits per heavy atom. The third kappa shape index (κ3) is 4.30. The van der Waals surface area contributed by atoms with E-state index < -0.39 is 0 Å². The van der Waals surface area contributed by atoms with Crippen molar-refractivity contribution in [2.75, 3.05) is 6.54 Å². The first-order valence-electron chi connectivity index (χ1n) is 8.11. The van der Waals surface area contributed by atoms with Crippen molar-refractivity contribution >= 4 is 0 Å². The van der Waals surface area contributed by atoms with Crippen LogP contribution in [-0.4, -0.2) is 26.8 Å². The van der Waals surface area contributed by atoms with Crippen LogP contribution in [0.15, 0.2) is 6.33 Å². The van der Waals surface area contributed by atoms with E-state index in [1.54, 1.807) is 6.33 Å². The molecular formula is C16H30N4. The molecule has 1 N–H and O–H groups in total. The molecule has 1 unspecified atom stereocenters. The van der Waals surface area contributed by atoms with Crippen molar-refractivity contribution in [3.05, 3.63) is 12.2 Å². The van der Waals surface area contributed by atoms with Gasteiger partial charge in [-0.3, -0.25) is 4.68 Å². The maximum absolute atomic E-state index is 4.47. The third-order valence-corrected chi connectivity index (χ3v) is 4.40. The first-order chi connectivity index (χ1) is 9.49. The van der Waals surface area contributed by atoms with Crippen molar-refractivity contribution in [2.45, 2.75) is 71.9 Å². The second-order valence-corrected chi connectivity index (χ2v) is 7.13. The van der Waals surface area contributed by atoms with Gasteiger partial charge in [0.25, 0.3) is 0 Å². The predicted molar refractivity (Wildman–Crippen MR) is 82.6 cm³/mol. The summed E-state index contributed by atoms with van der Waals surface area (Å²) in [6, 6.07) is 0. The minimum absolute atomic E-state index is 0.190. The average Bonchev–Trinajstić information content (AvgIpc) is 3.04. The Morgan fingerprint density at radius 1 is 1.35 bits per heavy atom. The Balaban J connectivity index is 2.02. The van der Waals surface area contributed by atoms with Crippen LogP contribution in [0.2, 0.25) is 0 Å². The normalized spacial score (nSPS) is 18.6. The molecule has 1 aliphatic carbocycles. The zero-order valence-electron chi connectivity index (χ0n) is 13.5. The number of nitrogens with one attached hydrogen (secondary N) is 1. The van der Waals surface area contributed by atoms with Gasteiger partial charge in [-0.15, -0.1) is 0 Å². The summed E-state index contributed by atoms with van der Waals surface area (Å²) < 4.78 is 2.04. The third-order valence-electron chi connectivity index (χ3n) is 4.40. The Bertz CT molecular complexity index is 399. The van der Waals surface area contributed by atoms with Crippen molar-refractivity contribution < 1.29 is 0 Å². The van der Waals surface area contributed by atoms with E-state index in [4.69, 9.17) is 0 Å². The van der Waals surface area contributed by atoms with Gasteiger partial charge >= 0.3 is 0 Å². The summed E-state index contributed by atoms with van der Waals surface area (Å²) >= 11 is 0. The van der Waals surface area contributed by atoms with E-state index in [1.165, 1.54) is 25.7 Å². The fraction of sp³-hybridized carbons (Fsp3) is 0.875. The quantitative estimate of drug-likeness (QED) is 0.869. The van der Waals surface area contributed by atoms with Crippen LogP contribution < -0.4 is 5.32 Å². The molecule has 1 atom stereocenters. The Hall–Kier alpha value is -0.900. The van der Waals surface area contributed by atoms with E-state index in [0.717, 1.165) is 31.3 Å². The lowest BCUT2D eigenvalue weighted by molar-refractivity contribution is 0.280. The molecule has 1 saturated carbocycles. The molecule has 0 spiro atoms. The SMILES string of the molecule is CCn1ncnc1CC(CNC(C)(C)C)C1CCCC1. The van der Waals surface area contributed by atoms with Gasteiger partial charge in [0.05, 0.1) is 0 Å². The largest absolute Gasteiger partial charge is 0.312 e. The molecule has 114 valence electrons. The molecule has 1 heterocycles. The highest BCUT2D eigenvalue weighted by molar-refractivity contribution is 4.91. The Labute approximate surface area is 123 Å². The number of rotatable bonds is 6. The molecule has 2 rings (SSSR count). The van der Waals surface area contributed by atoms with Crippen molar-refractivity contribution in [2.24, 2.45) is 11.8 Å². The standard InChI is InChI=1S/C16H30N4/c1-5-20-15(17-12-19-20)10-14(11-18-16(2,3)4)13-8-6-7-9-13/h12-14,18H,5-11H2,1-4H3. The summed E-state index contributed by atoms with van der Waals surface area (Å²) in [6.45, 7) is 10.9. The lowest BCUT2D eigenvalue weighted by atomic mass is 9.87. The highest BCUT2D eigenvalue weighted by Crippen LogP contribution is 2.33. The van der Waals surface area contributed by atoms with Gasteiger partial charge in [0.2, 0.25) is 0 Å². The van der Waals surface area contributed by atoms with Crippen LogP contribution in [0.25, 0.3) is 0 Å². The molecule has 0 aliphatic heterocycles. The first kappa shape index (κ1) is 15.5. The lowest BCUT2D eigenvalue weighted by Gasteiger charge is -2.28. The summed E-state index contributed by atoms with van der Waals surface area (Å²) in [5.74, 6) is 2.69. The molecule has 0 bridgehead atoms. The van der Waals surface area contributed by atoms with Gasteiger partial charge in [0.1, 0.15) is 12.2 Å². The molecular weight excluding hydrogens is 248 g/mol. The van der Waals surface area contributed by atoms with Crippen LogP contribution in [0.1, 0.15) is 59.2 Å². The zero-order chi connectivity index (χ0) is 14.6. The fourth-order valence-corrected chi connectivity index (χ4v) is 3.22. The van der Waals surface area contributed by atoms with Crippen LogP contribution in [-0.2, 0) is 13.0 Å². The Morgan fingerprint density at radius 2 is 2.05 bits per heavy atom. The van der Waals surface area contributed by atoms with Crippen LogP contribution in [0.5, 0.6) is 0 Å². The smallest absolute Gasteiger partial charge is 0.138 e. The van der Waals surface area contributed by atoms with Crippen molar-refractivity contribution in [1.82, 2.24) is 20.1 Å². The van der Waals surface area contributed by atoms with Gasteiger partial charge in [-0.05, 0) is 46.1 Å². The van der Waals surface area contributed by atoms with Crippen molar-refractivity contribution in [3.8, 4) is 0 Å². The minimum atomic E-state index is 0.190. The van der Waals surface area contributed by atoms with Gasteiger partial charge < -0.3 is 5.32 Å². The van der Waals surface area contributed by atoms with E-state index in [0.29, 0.717) is 5.92 Å². The molecule has 4 nitrogen and oxygen atoms in total. The highest BCUT2D eigenvalue weighted by atomic mass is 15.3. The molecule has 1 aliphatic rings. The second-order valence-electron chi connectivity index (χ2n) is 7.13. The summed E-state index contributed by atoms with van der Waals surface area (Å²) in [7, 11) is 0. The van der Waals surface area contributed by atoms with E-state index in [9.17, 15) is 0 Å². The van der Waals surface area contributed by atoms with Gasteiger partial charge in [0, 0.05) is 18.5 Å². The number of hydrogen-bond donors (Lipinski definition) is 1. The molecule has 4 heteroatoms. The first-order valence-corrected chi connectivity index (χ1v) is 8.11. The van der Waals surface area contributed by atoms with Gasteiger partial charge in [-0.1, -0.05) is 25.7 Å². The number of hydrogen-bond acceptors (Lipinski definition) is 3. The number of nitrogens with zero attached hydrogens (tertiary/aromatic N) is 3. The molecule has 1 fully saturated rings. The maximum atomic E-state index is 4.47. The molecule has 0 amide bonds. The predicted octanol–water partition coefficient (Wildman–Crippen LogP) is 3.04. The maximum Gasteiger partial charge on any atom is 0.138 e. The zero-order valence-corrected chi connectivity index (χ0v) is 13.5. The molecule has 0 aromatic carbocycles. The topological polar surface area (TPSA) is 42.7 Å². The molecule has 20 heavy (non-hydrogen) atoms. The molecule has 1 aromatic rings. The Kier molecular flexibility index (Phi) is 5.19.